The van der Waals surface area contributed by atoms with Crippen molar-refractivity contribution in [3.63, 3.8) is 0 Å². The molecule has 1 atom stereocenters. The highest BCUT2D eigenvalue weighted by Gasteiger charge is 2.23. The van der Waals surface area contributed by atoms with E-state index in [-0.39, 0.29) is 23.3 Å². The van der Waals surface area contributed by atoms with Gasteiger partial charge in [-0.05, 0) is 42.0 Å². The zero-order valence-electron chi connectivity index (χ0n) is 17.7. The molecular weight excluding hydrogens is 424 g/mol. The lowest BCUT2D eigenvalue weighted by atomic mass is 10.1. The molecule has 1 heterocycles. The number of nitrogens with zero attached hydrogens (tertiary/aromatic N) is 3. The Morgan fingerprint density at radius 2 is 1.76 bits per heavy atom. The van der Waals surface area contributed by atoms with Crippen LogP contribution in [0.25, 0.3) is 11.4 Å². The minimum absolute atomic E-state index is 0.0313. The highest BCUT2D eigenvalue weighted by molar-refractivity contribution is 5.94. The molecule has 0 fully saturated rings. The Kier molecular flexibility index (Phi) is 6.40. The van der Waals surface area contributed by atoms with E-state index < -0.39 is 11.0 Å². The predicted octanol–water partition coefficient (Wildman–Crippen LogP) is 4.37. The lowest BCUT2D eigenvalue weighted by Crippen LogP contribution is -2.30. The number of carbonyl (C=O) groups excluding carboxylic acids is 1. The van der Waals surface area contributed by atoms with Crippen molar-refractivity contribution in [1.82, 2.24) is 15.5 Å². The summed E-state index contributed by atoms with van der Waals surface area (Å²) >= 11 is 0. The lowest BCUT2D eigenvalue weighted by Gasteiger charge is -2.15. The van der Waals surface area contributed by atoms with Gasteiger partial charge in [-0.2, -0.15) is 4.98 Å². The van der Waals surface area contributed by atoms with Gasteiger partial charge < -0.3 is 14.6 Å². The van der Waals surface area contributed by atoms with Crippen molar-refractivity contribution in [2.75, 3.05) is 7.11 Å². The van der Waals surface area contributed by atoms with Crippen LogP contribution in [0.5, 0.6) is 5.75 Å². The zero-order valence-corrected chi connectivity index (χ0v) is 17.7. The normalized spacial score (nSPS) is 11.5. The van der Waals surface area contributed by atoms with Crippen LogP contribution < -0.4 is 10.1 Å². The number of nitrogens with one attached hydrogen (secondary N) is 1. The molecule has 0 aliphatic rings. The summed E-state index contributed by atoms with van der Waals surface area (Å²) in [5, 5.41) is 17.8. The van der Waals surface area contributed by atoms with Crippen LogP contribution in [0.2, 0.25) is 0 Å². The molecule has 33 heavy (non-hydrogen) atoms. The van der Waals surface area contributed by atoms with Crippen molar-refractivity contribution in [3.05, 3.63) is 106 Å². The Hall–Kier alpha value is -4.53. The monoisotopic (exact) mass is 444 g/mol. The second-order valence-corrected chi connectivity index (χ2v) is 7.20. The first-order valence-electron chi connectivity index (χ1n) is 10.1. The van der Waals surface area contributed by atoms with Gasteiger partial charge in [0.05, 0.1) is 12.0 Å². The molecule has 0 aliphatic heterocycles. The highest BCUT2D eigenvalue weighted by Crippen LogP contribution is 2.24. The fourth-order valence-electron chi connectivity index (χ4n) is 3.26. The first kappa shape index (κ1) is 21.7. The van der Waals surface area contributed by atoms with Crippen molar-refractivity contribution in [1.29, 1.82) is 0 Å². The van der Waals surface area contributed by atoms with Gasteiger partial charge in [0.25, 0.3) is 11.6 Å². The minimum Gasteiger partial charge on any atom is -0.497 e. The van der Waals surface area contributed by atoms with E-state index in [1.54, 1.807) is 43.5 Å². The molecule has 0 spiro atoms. The number of ether oxygens (including phenoxy) is 1. The molecule has 1 aromatic heterocycles. The van der Waals surface area contributed by atoms with Crippen LogP contribution in [0.4, 0.5) is 5.69 Å². The van der Waals surface area contributed by atoms with Crippen LogP contribution in [0, 0.1) is 10.1 Å². The summed E-state index contributed by atoms with van der Waals surface area (Å²) in [5.74, 6) is 0.858. The first-order chi connectivity index (χ1) is 16.0. The largest absolute Gasteiger partial charge is 0.497 e. The average molecular weight is 444 g/mol. The maximum absolute atomic E-state index is 12.9. The number of rotatable bonds is 8. The standard InChI is InChI=1S/C24H20N4O5/c1-32-20-13-9-18(10-14-20)23(29)25-21(15-16-5-3-2-4-6-16)24-26-22(27-33-24)17-7-11-19(12-8-17)28(30)31/h2-14,21H,15H2,1H3,(H,25,29). The zero-order chi connectivity index (χ0) is 23.2. The molecule has 0 bridgehead atoms. The number of non-ortho nitro benzene ring substituents is 1. The number of nitro benzene ring substituents is 1. The highest BCUT2D eigenvalue weighted by atomic mass is 16.6. The molecule has 0 saturated carbocycles. The average Bonchev–Trinajstić information content (AvgIpc) is 3.35. The molecule has 1 N–H and O–H groups in total. The van der Waals surface area contributed by atoms with Crippen LogP contribution in [-0.4, -0.2) is 28.1 Å². The Bertz CT molecular complexity index is 1240. The van der Waals surface area contributed by atoms with Gasteiger partial charge in [0.2, 0.25) is 11.7 Å². The first-order valence-corrected chi connectivity index (χ1v) is 10.1. The van der Waals surface area contributed by atoms with E-state index in [1.165, 1.54) is 12.1 Å². The van der Waals surface area contributed by atoms with Gasteiger partial charge in [-0.1, -0.05) is 35.5 Å². The van der Waals surface area contributed by atoms with Crippen LogP contribution >= 0.6 is 0 Å². The van der Waals surface area contributed by atoms with E-state index >= 15 is 0 Å². The molecule has 166 valence electrons. The third-order valence-electron chi connectivity index (χ3n) is 5.02. The number of aromatic nitrogens is 2. The van der Waals surface area contributed by atoms with Crippen LogP contribution in [0.3, 0.4) is 0 Å². The van der Waals surface area contributed by atoms with E-state index in [4.69, 9.17) is 9.26 Å². The Morgan fingerprint density at radius 3 is 2.39 bits per heavy atom. The molecule has 1 unspecified atom stereocenters. The van der Waals surface area contributed by atoms with Crippen molar-refractivity contribution in [2.24, 2.45) is 0 Å². The maximum Gasteiger partial charge on any atom is 0.269 e. The molecule has 0 aliphatic carbocycles. The topological polar surface area (TPSA) is 120 Å². The number of nitro groups is 1. The van der Waals surface area contributed by atoms with E-state index in [1.807, 2.05) is 30.3 Å². The number of hydrogen-bond donors (Lipinski definition) is 1. The second kappa shape index (κ2) is 9.73. The predicted molar refractivity (Wildman–Crippen MR) is 120 cm³/mol. The number of amides is 1. The Balaban J connectivity index is 1.59. The van der Waals surface area contributed by atoms with Crippen molar-refractivity contribution >= 4 is 11.6 Å². The quantitative estimate of drug-likeness (QED) is 0.316. The third-order valence-corrected chi connectivity index (χ3v) is 5.02. The van der Waals surface area contributed by atoms with Gasteiger partial charge in [0, 0.05) is 29.7 Å². The van der Waals surface area contributed by atoms with Crippen molar-refractivity contribution in [2.45, 2.75) is 12.5 Å². The number of benzene rings is 3. The molecule has 9 heteroatoms. The Labute approximate surface area is 189 Å². The van der Waals surface area contributed by atoms with E-state index in [0.717, 1.165) is 5.56 Å². The van der Waals surface area contributed by atoms with Crippen molar-refractivity contribution in [3.8, 4) is 17.1 Å². The minimum atomic E-state index is -0.582. The van der Waals surface area contributed by atoms with E-state index in [2.05, 4.69) is 15.5 Å². The molecule has 4 aromatic rings. The molecular formula is C24H20N4O5. The van der Waals surface area contributed by atoms with Gasteiger partial charge in [0.15, 0.2) is 0 Å². The molecule has 1 amide bonds. The molecule has 4 rings (SSSR count). The van der Waals surface area contributed by atoms with E-state index in [9.17, 15) is 14.9 Å². The summed E-state index contributed by atoms with van der Waals surface area (Å²) in [6.07, 6.45) is 0.435. The van der Waals surface area contributed by atoms with Crippen LogP contribution in [0.1, 0.15) is 27.9 Å². The molecule has 0 saturated heterocycles. The summed E-state index contributed by atoms with van der Waals surface area (Å²) < 4.78 is 10.6. The summed E-state index contributed by atoms with van der Waals surface area (Å²) in [6, 6.07) is 21.6. The summed E-state index contributed by atoms with van der Waals surface area (Å²) in [6.45, 7) is 0. The Morgan fingerprint density at radius 1 is 1.06 bits per heavy atom. The van der Waals surface area contributed by atoms with Gasteiger partial charge in [0.1, 0.15) is 11.8 Å². The van der Waals surface area contributed by atoms with Gasteiger partial charge in [-0.25, -0.2) is 0 Å². The number of methoxy groups -OCH3 is 1. The molecule has 3 aromatic carbocycles. The van der Waals surface area contributed by atoms with Crippen LogP contribution in [-0.2, 0) is 6.42 Å². The molecule has 0 radical (unpaired) electrons. The molecule has 9 nitrogen and oxygen atoms in total. The van der Waals surface area contributed by atoms with E-state index in [0.29, 0.717) is 23.3 Å². The number of hydrogen-bond acceptors (Lipinski definition) is 7. The summed E-state index contributed by atoms with van der Waals surface area (Å²) in [4.78, 5) is 27.7. The van der Waals surface area contributed by atoms with Gasteiger partial charge >= 0.3 is 0 Å². The fraction of sp³-hybridized carbons (Fsp3) is 0.125. The summed E-state index contributed by atoms with van der Waals surface area (Å²) in [7, 11) is 1.56. The van der Waals surface area contributed by atoms with Gasteiger partial charge in [-0.3, -0.25) is 14.9 Å². The second-order valence-electron chi connectivity index (χ2n) is 7.20. The third kappa shape index (κ3) is 5.21. The maximum atomic E-state index is 12.9. The smallest absolute Gasteiger partial charge is 0.269 e. The fourth-order valence-corrected chi connectivity index (χ4v) is 3.26. The van der Waals surface area contributed by atoms with Crippen molar-refractivity contribution < 1.29 is 19.0 Å². The van der Waals surface area contributed by atoms with Gasteiger partial charge in [-0.15, -0.1) is 0 Å². The lowest BCUT2D eigenvalue weighted by molar-refractivity contribution is -0.384. The SMILES string of the molecule is COc1ccc(C(=O)NC(Cc2ccccc2)c2nc(-c3ccc([N+](=O)[O-])cc3)no2)cc1. The summed E-state index contributed by atoms with van der Waals surface area (Å²) in [5.41, 5.74) is 1.98. The number of carbonyl (C=O) groups is 1. The van der Waals surface area contributed by atoms with Crippen LogP contribution in [0.15, 0.2) is 83.4 Å².